The number of rotatable bonds is 11. The molecule has 0 unspecified atom stereocenters. The summed E-state index contributed by atoms with van der Waals surface area (Å²) in [7, 11) is 1.60. The number of carbonyl (C=O) groups excluding carboxylic acids is 2. The number of methoxy groups -OCH3 is 1. The van der Waals surface area contributed by atoms with Crippen molar-refractivity contribution in [3.05, 3.63) is 65.7 Å². The van der Waals surface area contributed by atoms with Gasteiger partial charge in [-0.05, 0) is 43.0 Å². The van der Waals surface area contributed by atoms with Crippen molar-refractivity contribution in [2.75, 3.05) is 20.3 Å². The Labute approximate surface area is 172 Å². The maximum Gasteiger partial charge on any atom is 0.242 e. The second-order valence-electron chi connectivity index (χ2n) is 6.90. The number of nitrogens with zero attached hydrogens (tertiary/aromatic N) is 1. The molecule has 0 aliphatic heterocycles. The lowest BCUT2D eigenvalue weighted by molar-refractivity contribution is -0.140. The van der Waals surface area contributed by atoms with Crippen molar-refractivity contribution in [1.29, 1.82) is 0 Å². The molecule has 0 heterocycles. The van der Waals surface area contributed by atoms with E-state index >= 15 is 0 Å². The number of amides is 2. The zero-order valence-electron chi connectivity index (χ0n) is 17.1. The molecule has 2 rings (SSSR count). The van der Waals surface area contributed by atoms with Crippen molar-refractivity contribution >= 4 is 11.8 Å². The van der Waals surface area contributed by atoms with Crippen LogP contribution in [0.1, 0.15) is 30.9 Å². The number of aryl methyl sites for hydroxylation is 1. The minimum atomic E-state index is -0.612. The Hall–Kier alpha value is -2.86. The average molecular weight is 399 g/mol. The van der Waals surface area contributed by atoms with Gasteiger partial charge in [0.1, 0.15) is 11.8 Å². The maximum atomic E-state index is 13.0. The van der Waals surface area contributed by atoms with Gasteiger partial charge in [0, 0.05) is 26.1 Å². The molecule has 0 fully saturated rings. The molecule has 0 aliphatic rings. The molecule has 0 saturated carbocycles. The van der Waals surface area contributed by atoms with Crippen LogP contribution in [0.4, 0.5) is 0 Å². The van der Waals surface area contributed by atoms with E-state index in [1.165, 1.54) is 0 Å². The van der Waals surface area contributed by atoms with Crippen LogP contribution in [0.5, 0.6) is 5.75 Å². The van der Waals surface area contributed by atoms with Gasteiger partial charge in [-0.25, -0.2) is 0 Å². The summed E-state index contributed by atoms with van der Waals surface area (Å²) in [6.07, 6.45) is 1.44. The Morgan fingerprint density at radius 2 is 1.76 bits per heavy atom. The van der Waals surface area contributed by atoms with Gasteiger partial charge in [0.25, 0.3) is 0 Å². The van der Waals surface area contributed by atoms with E-state index in [4.69, 9.17) is 9.84 Å². The smallest absolute Gasteiger partial charge is 0.242 e. The predicted octanol–water partition coefficient (Wildman–Crippen LogP) is 2.54. The summed E-state index contributed by atoms with van der Waals surface area (Å²) in [4.78, 5) is 27.1. The fourth-order valence-electron chi connectivity index (χ4n) is 2.99. The lowest BCUT2D eigenvalue weighted by Gasteiger charge is -2.29. The molecule has 156 valence electrons. The molecule has 0 aliphatic carbocycles. The Morgan fingerprint density at radius 1 is 1.07 bits per heavy atom. The van der Waals surface area contributed by atoms with Gasteiger partial charge in [0.2, 0.25) is 11.8 Å². The van der Waals surface area contributed by atoms with E-state index in [1.54, 1.807) is 18.9 Å². The van der Waals surface area contributed by atoms with Gasteiger partial charge in [-0.1, -0.05) is 42.5 Å². The molecule has 0 radical (unpaired) electrons. The first-order valence-corrected chi connectivity index (χ1v) is 9.90. The fourth-order valence-corrected chi connectivity index (χ4v) is 2.99. The summed E-state index contributed by atoms with van der Waals surface area (Å²) in [6.45, 7) is 2.47. The number of ether oxygens (including phenoxy) is 1. The lowest BCUT2D eigenvalue weighted by atomic mass is 10.1. The van der Waals surface area contributed by atoms with Crippen LogP contribution in [0.2, 0.25) is 0 Å². The van der Waals surface area contributed by atoms with Gasteiger partial charge in [-0.2, -0.15) is 0 Å². The second kappa shape index (κ2) is 11.9. The molecule has 6 nitrogen and oxygen atoms in total. The molecular formula is C23H30N2O4. The predicted molar refractivity (Wildman–Crippen MR) is 112 cm³/mol. The van der Waals surface area contributed by atoms with E-state index in [9.17, 15) is 9.59 Å². The summed E-state index contributed by atoms with van der Waals surface area (Å²) in [5, 5.41) is 11.7. The number of hydrogen-bond donors (Lipinski definition) is 2. The van der Waals surface area contributed by atoms with Crippen LogP contribution in [0.15, 0.2) is 54.6 Å². The fraction of sp³-hybridized carbons (Fsp3) is 0.391. The van der Waals surface area contributed by atoms with Crippen LogP contribution in [-0.4, -0.2) is 48.1 Å². The summed E-state index contributed by atoms with van der Waals surface area (Å²) < 4.78 is 5.18. The Bertz CT molecular complexity index is 762. The maximum absolute atomic E-state index is 13.0. The molecule has 2 aromatic carbocycles. The van der Waals surface area contributed by atoms with Crippen LogP contribution in [0, 0.1) is 0 Å². The van der Waals surface area contributed by atoms with Crippen molar-refractivity contribution in [3.8, 4) is 5.75 Å². The number of carbonyl (C=O) groups is 2. The summed E-state index contributed by atoms with van der Waals surface area (Å²) in [5.41, 5.74) is 2.01. The third-order valence-corrected chi connectivity index (χ3v) is 4.78. The molecule has 0 saturated heterocycles. The van der Waals surface area contributed by atoms with E-state index < -0.39 is 6.04 Å². The van der Waals surface area contributed by atoms with Gasteiger partial charge in [0.15, 0.2) is 0 Å². The molecule has 29 heavy (non-hydrogen) atoms. The Morgan fingerprint density at radius 3 is 2.38 bits per heavy atom. The summed E-state index contributed by atoms with van der Waals surface area (Å²) in [5.74, 6) is 0.444. The van der Waals surface area contributed by atoms with Crippen LogP contribution in [0.3, 0.4) is 0 Å². The highest BCUT2D eigenvalue weighted by molar-refractivity contribution is 5.87. The molecule has 0 aromatic heterocycles. The second-order valence-corrected chi connectivity index (χ2v) is 6.90. The summed E-state index contributed by atoms with van der Waals surface area (Å²) >= 11 is 0. The zero-order chi connectivity index (χ0) is 21.1. The molecular weight excluding hydrogens is 368 g/mol. The molecule has 2 N–H and O–H groups in total. The van der Waals surface area contributed by atoms with E-state index in [-0.39, 0.29) is 18.4 Å². The van der Waals surface area contributed by atoms with Crippen molar-refractivity contribution < 1.29 is 19.4 Å². The number of nitrogens with one attached hydrogen (secondary N) is 1. The highest BCUT2D eigenvalue weighted by atomic mass is 16.5. The SMILES string of the molecule is COc1ccc(CN(C(=O)CCc2ccccc2)[C@H](C)C(=O)NCCCO)cc1. The van der Waals surface area contributed by atoms with Crippen molar-refractivity contribution in [3.63, 3.8) is 0 Å². The Kier molecular flexibility index (Phi) is 9.18. The van der Waals surface area contributed by atoms with Crippen LogP contribution in [0.25, 0.3) is 0 Å². The van der Waals surface area contributed by atoms with Crippen LogP contribution >= 0.6 is 0 Å². The molecule has 1 atom stereocenters. The zero-order valence-corrected chi connectivity index (χ0v) is 17.1. The van der Waals surface area contributed by atoms with E-state index in [0.29, 0.717) is 32.4 Å². The largest absolute Gasteiger partial charge is 0.497 e. The highest BCUT2D eigenvalue weighted by Gasteiger charge is 2.25. The average Bonchev–Trinajstić information content (AvgIpc) is 2.76. The van der Waals surface area contributed by atoms with Crippen molar-refractivity contribution in [1.82, 2.24) is 10.2 Å². The number of benzene rings is 2. The van der Waals surface area contributed by atoms with Gasteiger partial charge >= 0.3 is 0 Å². The van der Waals surface area contributed by atoms with E-state index in [1.807, 2.05) is 54.6 Å². The molecule has 2 amide bonds. The molecule has 0 spiro atoms. The van der Waals surface area contributed by atoms with E-state index in [0.717, 1.165) is 16.9 Å². The Balaban J connectivity index is 2.09. The normalized spacial score (nSPS) is 11.6. The topological polar surface area (TPSA) is 78.9 Å². The highest BCUT2D eigenvalue weighted by Crippen LogP contribution is 2.16. The first kappa shape index (κ1) is 22.4. The third kappa shape index (κ3) is 7.23. The van der Waals surface area contributed by atoms with Crippen molar-refractivity contribution in [2.24, 2.45) is 0 Å². The lowest BCUT2D eigenvalue weighted by Crippen LogP contribution is -2.47. The van der Waals surface area contributed by atoms with Crippen LogP contribution < -0.4 is 10.1 Å². The minimum absolute atomic E-state index is 0.0141. The first-order valence-electron chi connectivity index (χ1n) is 9.90. The van der Waals surface area contributed by atoms with Crippen molar-refractivity contribution in [2.45, 2.75) is 38.8 Å². The third-order valence-electron chi connectivity index (χ3n) is 4.78. The number of aliphatic hydroxyl groups is 1. The van der Waals surface area contributed by atoms with E-state index in [2.05, 4.69) is 5.32 Å². The number of aliphatic hydroxyl groups excluding tert-OH is 1. The molecule has 6 heteroatoms. The van der Waals surface area contributed by atoms with Gasteiger partial charge < -0.3 is 20.1 Å². The first-order chi connectivity index (χ1) is 14.0. The van der Waals surface area contributed by atoms with Crippen LogP contribution in [-0.2, 0) is 22.6 Å². The van der Waals surface area contributed by atoms with Gasteiger partial charge in [-0.3, -0.25) is 9.59 Å². The standard InChI is InChI=1S/C23H30N2O4/c1-18(23(28)24-15-6-16-26)25(17-20-9-12-21(29-2)13-10-20)22(27)14-11-19-7-4-3-5-8-19/h3-5,7-10,12-13,18,26H,6,11,14-17H2,1-2H3,(H,24,28)/t18-/m1/s1. The molecule has 0 bridgehead atoms. The molecule has 2 aromatic rings. The number of hydrogen-bond acceptors (Lipinski definition) is 4. The monoisotopic (exact) mass is 398 g/mol. The van der Waals surface area contributed by atoms with Gasteiger partial charge in [0.05, 0.1) is 7.11 Å². The van der Waals surface area contributed by atoms with Gasteiger partial charge in [-0.15, -0.1) is 0 Å². The minimum Gasteiger partial charge on any atom is -0.497 e. The quantitative estimate of drug-likeness (QED) is 0.570. The summed E-state index contributed by atoms with van der Waals surface area (Å²) in [6, 6.07) is 16.7.